The molecule has 1 aromatic rings. The fourth-order valence-corrected chi connectivity index (χ4v) is 3.33. The Balaban J connectivity index is 2.28. The molecule has 1 unspecified atom stereocenters. The van der Waals surface area contributed by atoms with Crippen molar-refractivity contribution in [3.8, 4) is 0 Å². The van der Waals surface area contributed by atoms with Crippen LogP contribution in [0.2, 0.25) is 5.02 Å². The smallest absolute Gasteiger partial charge is 0.114 e. The number of hydrogen-bond donors (Lipinski definition) is 1. The van der Waals surface area contributed by atoms with Crippen LogP contribution in [-0.2, 0) is 4.74 Å². The van der Waals surface area contributed by atoms with Gasteiger partial charge in [0.2, 0.25) is 0 Å². The zero-order valence-corrected chi connectivity index (χ0v) is 11.8. The zero-order chi connectivity index (χ0) is 12.3. The van der Waals surface area contributed by atoms with Gasteiger partial charge >= 0.3 is 0 Å². The summed E-state index contributed by atoms with van der Waals surface area (Å²) >= 11 is 8.05. The monoisotopic (exact) mass is 271 g/mol. The van der Waals surface area contributed by atoms with Crippen LogP contribution in [0.1, 0.15) is 36.2 Å². The van der Waals surface area contributed by atoms with E-state index in [9.17, 15) is 0 Å². The number of likely N-dealkylation sites (N-methyl/N-ethyl adjacent to an activating group) is 1. The molecular weight excluding hydrogens is 254 g/mol. The SMILES string of the molecule is CCNC(C1=CCCCO1)c1scc(C)c1Cl. The second-order valence-corrected chi connectivity index (χ2v) is 5.47. The van der Waals surface area contributed by atoms with E-state index in [1.54, 1.807) is 11.3 Å². The summed E-state index contributed by atoms with van der Waals surface area (Å²) < 4.78 is 5.76. The summed E-state index contributed by atoms with van der Waals surface area (Å²) in [5, 5.41) is 6.43. The van der Waals surface area contributed by atoms with Crippen LogP contribution in [-0.4, -0.2) is 13.2 Å². The first-order valence-electron chi connectivity index (χ1n) is 6.03. The highest BCUT2D eigenvalue weighted by atomic mass is 35.5. The van der Waals surface area contributed by atoms with Gasteiger partial charge in [-0.3, -0.25) is 0 Å². The number of rotatable bonds is 4. The molecule has 0 spiro atoms. The van der Waals surface area contributed by atoms with Crippen LogP contribution in [0.4, 0.5) is 0 Å². The van der Waals surface area contributed by atoms with Crippen molar-refractivity contribution in [1.29, 1.82) is 0 Å². The van der Waals surface area contributed by atoms with Crippen LogP contribution in [0, 0.1) is 6.92 Å². The summed E-state index contributed by atoms with van der Waals surface area (Å²) in [6, 6.07) is 0.117. The second kappa shape index (κ2) is 5.89. The molecular formula is C13H18ClNOS. The van der Waals surface area contributed by atoms with Crippen molar-refractivity contribution in [1.82, 2.24) is 5.32 Å². The van der Waals surface area contributed by atoms with Crippen molar-refractivity contribution in [2.45, 2.75) is 32.7 Å². The number of aryl methyl sites for hydroxylation is 1. The van der Waals surface area contributed by atoms with Gasteiger partial charge in [0, 0.05) is 4.88 Å². The van der Waals surface area contributed by atoms with Crippen LogP contribution in [0.15, 0.2) is 17.2 Å². The van der Waals surface area contributed by atoms with Crippen molar-refractivity contribution in [3.05, 3.63) is 32.7 Å². The lowest BCUT2D eigenvalue weighted by Crippen LogP contribution is -2.24. The molecule has 94 valence electrons. The van der Waals surface area contributed by atoms with E-state index < -0.39 is 0 Å². The maximum absolute atomic E-state index is 6.35. The molecule has 1 aliphatic rings. The molecule has 2 heterocycles. The Kier molecular flexibility index (Phi) is 4.48. The van der Waals surface area contributed by atoms with Crippen molar-refractivity contribution in [2.24, 2.45) is 0 Å². The maximum atomic E-state index is 6.35. The van der Waals surface area contributed by atoms with Gasteiger partial charge in [-0.05, 0) is 43.3 Å². The topological polar surface area (TPSA) is 21.3 Å². The van der Waals surface area contributed by atoms with Gasteiger partial charge in [0.05, 0.1) is 11.6 Å². The van der Waals surface area contributed by atoms with Crippen LogP contribution < -0.4 is 5.32 Å². The molecule has 0 radical (unpaired) electrons. The van der Waals surface area contributed by atoms with Crippen LogP contribution in [0.5, 0.6) is 0 Å². The standard InChI is InChI=1S/C13H18ClNOS/c1-3-15-12(10-6-4-5-7-16-10)13-11(14)9(2)8-17-13/h6,8,12,15H,3-5,7H2,1-2H3. The predicted molar refractivity (Wildman–Crippen MR) is 73.8 cm³/mol. The Morgan fingerprint density at radius 3 is 2.94 bits per heavy atom. The molecule has 0 aromatic carbocycles. The number of hydrogen-bond acceptors (Lipinski definition) is 3. The van der Waals surface area contributed by atoms with E-state index >= 15 is 0 Å². The summed E-state index contributed by atoms with van der Waals surface area (Å²) in [6.45, 7) is 5.86. The Labute approximate surface area is 112 Å². The fraction of sp³-hybridized carbons (Fsp3) is 0.538. The number of allylic oxidation sites excluding steroid dienone is 1. The van der Waals surface area contributed by atoms with Gasteiger partial charge in [0.15, 0.2) is 0 Å². The quantitative estimate of drug-likeness (QED) is 0.892. The first-order chi connectivity index (χ1) is 8.24. The molecule has 1 N–H and O–H groups in total. The summed E-state index contributed by atoms with van der Waals surface area (Å²) in [6.07, 6.45) is 4.39. The minimum atomic E-state index is 0.117. The van der Waals surface area contributed by atoms with Crippen molar-refractivity contribution >= 4 is 22.9 Å². The lowest BCUT2D eigenvalue weighted by Gasteiger charge is -2.24. The van der Waals surface area contributed by atoms with Gasteiger partial charge in [-0.25, -0.2) is 0 Å². The Morgan fingerprint density at radius 1 is 1.59 bits per heavy atom. The largest absolute Gasteiger partial charge is 0.496 e. The van der Waals surface area contributed by atoms with E-state index in [0.717, 1.165) is 42.3 Å². The second-order valence-electron chi connectivity index (χ2n) is 4.18. The summed E-state index contributed by atoms with van der Waals surface area (Å²) in [5.74, 6) is 1.03. The Hall–Kier alpha value is -0.510. The van der Waals surface area contributed by atoms with Crippen molar-refractivity contribution < 1.29 is 4.74 Å². The van der Waals surface area contributed by atoms with E-state index in [4.69, 9.17) is 16.3 Å². The van der Waals surface area contributed by atoms with E-state index in [2.05, 4.69) is 23.7 Å². The molecule has 0 saturated carbocycles. The third-order valence-corrected chi connectivity index (χ3v) is 4.62. The van der Waals surface area contributed by atoms with Gasteiger partial charge < -0.3 is 10.1 Å². The number of halogens is 1. The van der Waals surface area contributed by atoms with E-state index in [0.29, 0.717) is 0 Å². The Bertz CT molecular complexity index is 414. The van der Waals surface area contributed by atoms with Gasteiger partial charge in [0.1, 0.15) is 11.8 Å². The first-order valence-corrected chi connectivity index (χ1v) is 7.29. The molecule has 2 rings (SSSR count). The van der Waals surface area contributed by atoms with E-state index in [1.807, 2.05) is 6.92 Å². The van der Waals surface area contributed by atoms with Crippen molar-refractivity contribution in [2.75, 3.05) is 13.2 Å². The molecule has 0 saturated heterocycles. The molecule has 0 aliphatic carbocycles. The summed E-state index contributed by atoms with van der Waals surface area (Å²) in [7, 11) is 0. The highest BCUT2D eigenvalue weighted by molar-refractivity contribution is 7.10. The maximum Gasteiger partial charge on any atom is 0.114 e. The molecule has 0 bridgehead atoms. The number of ether oxygens (including phenoxy) is 1. The van der Waals surface area contributed by atoms with Crippen LogP contribution >= 0.6 is 22.9 Å². The fourth-order valence-electron chi connectivity index (χ4n) is 1.95. The van der Waals surface area contributed by atoms with Gasteiger partial charge in [-0.1, -0.05) is 18.5 Å². The van der Waals surface area contributed by atoms with E-state index in [-0.39, 0.29) is 6.04 Å². The normalized spacial score (nSPS) is 17.5. The predicted octanol–water partition coefficient (Wildman–Crippen LogP) is 4.05. The number of thiophene rings is 1. The van der Waals surface area contributed by atoms with Gasteiger partial charge in [-0.15, -0.1) is 11.3 Å². The van der Waals surface area contributed by atoms with Gasteiger partial charge in [0.25, 0.3) is 0 Å². The molecule has 2 nitrogen and oxygen atoms in total. The first kappa shape index (κ1) is 12.9. The van der Waals surface area contributed by atoms with Crippen molar-refractivity contribution in [3.63, 3.8) is 0 Å². The highest BCUT2D eigenvalue weighted by Gasteiger charge is 2.23. The van der Waals surface area contributed by atoms with Gasteiger partial charge in [-0.2, -0.15) is 0 Å². The minimum Gasteiger partial charge on any atom is -0.496 e. The third-order valence-electron chi connectivity index (χ3n) is 2.84. The highest BCUT2D eigenvalue weighted by Crippen LogP contribution is 2.37. The zero-order valence-electron chi connectivity index (χ0n) is 10.3. The molecule has 17 heavy (non-hydrogen) atoms. The number of nitrogens with one attached hydrogen (secondary N) is 1. The molecule has 4 heteroatoms. The minimum absolute atomic E-state index is 0.117. The molecule has 0 amide bonds. The lowest BCUT2D eigenvalue weighted by atomic mass is 10.1. The molecule has 1 atom stereocenters. The third kappa shape index (κ3) is 2.84. The molecule has 1 aliphatic heterocycles. The lowest BCUT2D eigenvalue weighted by molar-refractivity contribution is 0.169. The van der Waals surface area contributed by atoms with Crippen LogP contribution in [0.3, 0.4) is 0 Å². The van der Waals surface area contributed by atoms with Crippen LogP contribution in [0.25, 0.3) is 0 Å². The molecule has 0 fully saturated rings. The Morgan fingerprint density at radius 2 is 2.41 bits per heavy atom. The average Bonchev–Trinajstić information content (AvgIpc) is 2.69. The average molecular weight is 272 g/mol. The summed E-state index contributed by atoms with van der Waals surface area (Å²) in [4.78, 5) is 1.17. The molecule has 1 aromatic heterocycles. The van der Waals surface area contributed by atoms with E-state index in [1.165, 1.54) is 4.88 Å². The summed E-state index contributed by atoms with van der Waals surface area (Å²) in [5.41, 5.74) is 1.14.